The number of amides is 2. The Balaban J connectivity index is 1.51. The molecule has 1 fully saturated rings. The van der Waals surface area contributed by atoms with Crippen LogP contribution >= 0.6 is 0 Å². The first-order valence-electron chi connectivity index (χ1n) is 9.05. The van der Waals surface area contributed by atoms with Crippen molar-refractivity contribution in [3.8, 4) is 5.69 Å². The Morgan fingerprint density at radius 2 is 1.86 bits per heavy atom. The quantitative estimate of drug-likeness (QED) is 0.697. The van der Waals surface area contributed by atoms with Gasteiger partial charge in [0.1, 0.15) is 12.9 Å². The maximum absolute atomic E-state index is 12.9. The van der Waals surface area contributed by atoms with Crippen LogP contribution in [0.3, 0.4) is 0 Å². The Hall–Kier alpha value is -3.55. The predicted octanol–water partition coefficient (Wildman–Crippen LogP) is 1.85. The first kappa shape index (κ1) is 17.8. The van der Waals surface area contributed by atoms with Crippen molar-refractivity contribution in [3.05, 3.63) is 66.0 Å². The highest BCUT2D eigenvalue weighted by atomic mass is 16.2. The number of hydrogen-bond acceptors (Lipinski definition) is 5. The van der Waals surface area contributed by atoms with E-state index in [0.717, 1.165) is 16.9 Å². The van der Waals surface area contributed by atoms with E-state index in [0.29, 0.717) is 12.1 Å². The standard InChI is InChI=1S/C20H20N6O2/c1-14-5-3-4-6-18(14)26-15(2)11-24(12-19(26)27)20(28)16-7-9-17(10-8-16)25-13-21-22-23-25/h3-10,13,15H,11-12H2,1-2H3. The minimum atomic E-state index is -0.159. The fourth-order valence-corrected chi connectivity index (χ4v) is 3.53. The van der Waals surface area contributed by atoms with E-state index in [9.17, 15) is 9.59 Å². The van der Waals surface area contributed by atoms with Gasteiger partial charge in [-0.05, 0) is 60.2 Å². The molecule has 4 rings (SSSR count). The Bertz CT molecular complexity index is 1000. The van der Waals surface area contributed by atoms with Crippen molar-refractivity contribution in [2.45, 2.75) is 19.9 Å². The summed E-state index contributed by atoms with van der Waals surface area (Å²) in [7, 11) is 0. The van der Waals surface area contributed by atoms with Crippen LogP contribution in [0.5, 0.6) is 0 Å². The molecule has 2 amide bonds. The molecule has 0 aliphatic carbocycles. The Labute approximate surface area is 162 Å². The Morgan fingerprint density at radius 1 is 1.11 bits per heavy atom. The second-order valence-corrected chi connectivity index (χ2v) is 6.89. The highest BCUT2D eigenvalue weighted by Gasteiger charge is 2.34. The summed E-state index contributed by atoms with van der Waals surface area (Å²) >= 11 is 0. The molecule has 3 aromatic rings. The number of aromatic nitrogens is 4. The van der Waals surface area contributed by atoms with Crippen LogP contribution in [0.4, 0.5) is 5.69 Å². The van der Waals surface area contributed by atoms with Crippen molar-refractivity contribution in [1.82, 2.24) is 25.1 Å². The van der Waals surface area contributed by atoms with E-state index in [1.165, 1.54) is 11.0 Å². The fourth-order valence-electron chi connectivity index (χ4n) is 3.53. The lowest BCUT2D eigenvalue weighted by atomic mass is 10.1. The summed E-state index contributed by atoms with van der Waals surface area (Å²) in [6.07, 6.45) is 1.49. The van der Waals surface area contributed by atoms with E-state index in [-0.39, 0.29) is 24.4 Å². The van der Waals surface area contributed by atoms with Gasteiger partial charge in [0, 0.05) is 17.8 Å². The zero-order valence-electron chi connectivity index (χ0n) is 15.7. The van der Waals surface area contributed by atoms with E-state index in [4.69, 9.17) is 0 Å². The van der Waals surface area contributed by atoms with Crippen molar-refractivity contribution in [2.24, 2.45) is 0 Å². The number of aryl methyl sites for hydroxylation is 1. The average Bonchev–Trinajstić information content (AvgIpc) is 3.23. The van der Waals surface area contributed by atoms with Crippen molar-refractivity contribution in [2.75, 3.05) is 18.0 Å². The number of nitrogens with zero attached hydrogens (tertiary/aromatic N) is 6. The van der Waals surface area contributed by atoms with E-state index in [1.807, 2.05) is 38.1 Å². The lowest BCUT2D eigenvalue weighted by Gasteiger charge is -2.40. The van der Waals surface area contributed by atoms with Crippen LogP contribution < -0.4 is 4.90 Å². The molecule has 0 N–H and O–H groups in total. The molecule has 0 spiro atoms. The third kappa shape index (κ3) is 3.24. The van der Waals surface area contributed by atoms with Crippen LogP contribution in [0.2, 0.25) is 0 Å². The molecule has 28 heavy (non-hydrogen) atoms. The third-order valence-corrected chi connectivity index (χ3v) is 4.91. The topological polar surface area (TPSA) is 84.2 Å². The van der Waals surface area contributed by atoms with Gasteiger partial charge >= 0.3 is 0 Å². The Morgan fingerprint density at radius 3 is 2.50 bits per heavy atom. The summed E-state index contributed by atoms with van der Waals surface area (Å²) in [5.41, 5.74) is 3.23. The first-order valence-corrected chi connectivity index (χ1v) is 9.05. The summed E-state index contributed by atoms with van der Waals surface area (Å²) < 4.78 is 1.51. The Kier molecular flexibility index (Phi) is 4.60. The van der Waals surface area contributed by atoms with Crippen molar-refractivity contribution in [1.29, 1.82) is 0 Å². The summed E-state index contributed by atoms with van der Waals surface area (Å²) in [6, 6.07) is 14.7. The van der Waals surface area contributed by atoms with Crippen LogP contribution in [0.15, 0.2) is 54.9 Å². The number of carbonyl (C=O) groups excluding carboxylic acids is 2. The second-order valence-electron chi connectivity index (χ2n) is 6.89. The number of para-hydroxylation sites is 1. The molecule has 0 bridgehead atoms. The van der Waals surface area contributed by atoms with Gasteiger partial charge in [0.2, 0.25) is 5.91 Å². The molecule has 1 aromatic heterocycles. The number of carbonyl (C=O) groups is 2. The smallest absolute Gasteiger partial charge is 0.254 e. The largest absolute Gasteiger partial charge is 0.327 e. The van der Waals surface area contributed by atoms with Crippen LogP contribution in [0.25, 0.3) is 5.69 Å². The van der Waals surface area contributed by atoms with E-state index in [1.54, 1.807) is 34.1 Å². The molecule has 0 radical (unpaired) electrons. The van der Waals surface area contributed by atoms with E-state index in [2.05, 4.69) is 15.5 Å². The third-order valence-electron chi connectivity index (χ3n) is 4.91. The fraction of sp³-hybridized carbons (Fsp3) is 0.250. The number of tetrazole rings is 1. The maximum atomic E-state index is 12.9. The van der Waals surface area contributed by atoms with Crippen LogP contribution in [0, 0.1) is 6.92 Å². The van der Waals surface area contributed by atoms with Gasteiger partial charge in [-0.3, -0.25) is 9.59 Å². The highest BCUT2D eigenvalue weighted by Crippen LogP contribution is 2.25. The summed E-state index contributed by atoms with van der Waals surface area (Å²) in [6.45, 7) is 4.49. The highest BCUT2D eigenvalue weighted by molar-refractivity contribution is 6.02. The average molecular weight is 376 g/mol. The lowest BCUT2D eigenvalue weighted by molar-refractivity contribution is -0.121. The molecule has 1 unspecified atom stereocenters. The minimum absolute atomic E-state index is 0.0618. The predicted molar refractivity (Wildman–Crippen MR) is 103 cm³/mol. The summed E-state index contributed by atoms with van der Waals surface area (Å²) in [5, 5.41) is 11.0. The van der Waals surface area contributed by atoms with E-state index >= 15 is 0 Å². The van der Waals surface area contributed by atoms with Gasteiger partial charge < -0.3 is 9.80 Å². The molecule has 8 heteroatoms. The van der Waals surface area contributed by atoms with Gasteiger partial charge in [-0.2, -0.15) is 0 Å². The van der Waals surface area contributed by atoms with E-state index < -0.39 is 0 Å². The number of anilines is 1. The molecule has 2 aromatic carbocycles. The minimum Gasteiger partial charge on any atom is -0.327 e. The molecule has 1 aliphatic heterocycles. The van der Waals surface area contributed by atoms with Crippen molar-refractivity contribution >= 4 is 17.5 Å². The van der Waals surface area contributed by atoms with Crippen molar-refractivity contribution in [3.63, 3.8) is 0 Å². The van der Waals surface area contributed by atoms with Crippen LogP contribution in [0.1, 0.15) is 22.8 Å². The van der Waals surface area contributed by atoms with Gasteiger partial charge in [-0.25, -0.2) is 4.68 Å². The molecule has 1 aliphatic rings. The van der Waals surface area contributed by atoms with Gasteiger partial charge in [0.15, 0.2) is 0 Å². The maximum Gasteiger partial charge on any atom is 0.254 e. The monoisotopic (exact) mass is 376 g/mol. The SMILES string of the molecule is Cc1ccccc1N1C(=O)CN(C(=O)c2ccc(-n3cnnn3)cc2)CC1C. The lowest BCUT2D eigenvalue weighted by Crippen LogP contribution is -2.57. The molecular formula is C20H20N6O2. The second kappa shape index (κ2) is 7.22. The van der Waals surface area contributed by atoms with Gasteiger partial charge in [-0.15, -0.1) is 5.10 Å². The van der Waals surface area contributed by atoms with Gasteiger partial charge in [0.25, 0.3) is 5.91 Å². The van der Waals surface area contributed by atoms with Gasteiger partial charge in [-0.1, -0.05) is 18.2 Å². The first-order chi connectivity index (χ1) is 13.5. The molecule has 8 nitrogen and oxygen atoms in total. The van der Waals surface area contributed by atoms with Crippen LogP contribution in [-0.2, 0) is 4.79 Å². The molecular weight excluding hydrogens is 356 g/mol. The molecule has 2 heterocycles. The normalized spacial score (nSPS) is 17.1. The molecule has 1 atom stereocenters. The summed E-state index contributed by atoms with van der Waals surface area (Å²) in [4.78, 5) is 29.1. The number of benzene rings is 2. The molecule has 0 saturated carbocycles. The van der Waals surface area contributed by atoms with Crippen molar-refractivity contribution < 1.29 is 9.59 Å². The molecule has 1 saturated heterocycles. The van der Waals surface area contributed by atoms with Gasteiger partial charge in [0.05, 0.1) is 11.7 Å². The number of hydrogen-bond donors (Lipinski definition) is 0. The number of piperazine rings is 1. The number of rotatable bonds is 3. The van der Waals surface area contributed by atoms with Crippen LogP contribution in [-0.4, -0.2) is 56.1 Å². The molecule has 142 valence electrons. The zero-order valence-corrected chi connectivity index (χ0v) is 15.7. The zero-order chi connectivity index (χ0) is 19.7. The summed E-state index contributed by atoms with van der Waals surface area (Å²) in [5.74, 6) is -0.236.